The lowest BCUT2D eigenvalue weighted by Crippen LogP contribution is -2.25. The molecule has 0 saturated heterocycles. The molecule has 0 fully saturated rings. The average molecular weight is 311 g/mol. The molecule has 6 heteroatoms. The minimum Gasteiger partial charge on any atom is -0.378 e. The number of methoxy groups -OCH3 is 1. The fraction of sp³-hybridized carbons (Fsp3) is 0.353. The smallest absolute Gasteiger partial charge is 0.254 e. The molecule has 0 aliphatic heterocycles. The number of aromatic nitrogens is 4. The molecule has 0 aliphatic carbocycles. The molecule has 0 bridgehead atoms. The quantitative estimate of drug-likeness (QED) is 0.700. The third-order valence-corrected chi connectivity index (χ3v) is 3.91. The highest BCUT2D eigenvalue weighted by molar-refractivity contribution is 5.48. The lowest BCUT2D eigenvalue weighted by atomic mass is 10.1. The van der Waals surface area contributed by atoms with Gasteiger partial charge in [0.2, 0.25) is 0 Å². The van der Waals surface area contributed by atoms with Crippen LogP contribution >= 0.6 is 0 Å². The van der Waals surface area contributed by atoms with Crippen molar-refractivity contribution in [3.63, 3.8) is 0 Å². The number of anilines is 1. The normalized spacial score (nSPS) is 11.1. The zero-order valence-corrected chi connectivity index (χ0v) is 13.7. The maximum atomic E-state index is 5.22. The molecule has 0 atom stereocenters. The van der Waals surface area contributed by atoms with Crippen molar-refractivity contribution >= 4 is 11.6 Å². The zero-order chi connectivity index (χ0) is 16.2. The van der Waals surface area contributed by atoms with Crippen LogP contribution in [0.3, 0.4) is 0 Å². The minimum atomic E-state index is 0.457. The summed E-state index contributed by atoms with van der Waals surface area (Å²) in [5.41, 5.74) is 3.44. The molecule has 0 spiro atoms. The van der Waals surface area contributed by atoms with Crippen molar-refractivity contribution in [2.24, 2.45) is 0 Å². The van der Waals surface area contributed by atoms with Crippen molar-refractivity contribution in [1.29, 1.82) is 0 Å². The van der Waals surface area contributed by atoms with E-state index in [4.69, 9.17) is 4.74 Å². The molecule has 0 aliphatic rings. The Kier molecular flexibility index (Phi) is 4.52. The predicted molar refractivity (Wildman–Crippen MR) is 89.4 cm³/mol. The van der Waals surface area contributed by atoms with Gasteiger partial charge < -0.3 is 9.64 Å². The van der Waals surface area contributed by atoms with Gasteiger partial charge in [-0.25, -0.2) is 4.98 Å². The fourth-order valence-corrected chi connectivity index (χ4v) is 2.64. The molecule has 3 aromatic rings. The lowest BCUT2D eigenvalue weighted by Gasteiger charge is -2.24. The molecule has 2 heterocycles. The minimum absolute atomic E-state index is 0.457. The molecule has 6 nitrogen and oxygen atoms in total. The molecule has 23 heavy (non-hydrogen) atoms. The van der Waals surface area contributed by atoms with Crippen LogP contribution in [0.4, 0.5) is 5.82 Å². The van der Waals surface area contributed by atoms with E-state index in [2.05, 4.69) is 58.1 Å². The van der Waals surface area contributed by atoms with Crippen LogP contribution in [0.5, 0.6) is 0 Å². The number of hydrogen-bond acceptors (Lipinski definition) is 5. The van der Waals surface area contributed by atoms with Gasteiger partial charge in [-0.2, -0.15) is 14.6 Å². The maximum absolute atomic E-state index is 5.22. The van der Waals surface area contributed by atoms with Gasteiger partial charge in [-0.05, 0) is 25.0 Å². The molecule has 2 aromatic heterocycles. The van der Waals surface area contributed by atoms with Gasteiger partial charge in [-0.3, -0.25) is 0 Å². The summed E-state index contributed by atoms with van der Waals surface area (Å²) in [6.45, 7) is 6.40. The molecule has 0 unspecified atom stereocenters. The van der Waals surface area contributed by atoms with E-state index in [9.17, 15) is 0 Å². The second kappa shape index (κ2) is 6.75. The van der Waals surface area contributed by atoms with Gasteiger partial charge >= 0.3 is 0 Å². The van der Waals surface area contributed by atoms with Crippen LogP contribution in [-0.4, -0.2) is 33.2 Å². The van der Waals surface area contributed by atoms with E-state index in [0.29, 0.717) is 12.4 Å². The number of rotatable bonds is 6. The average Bonchev–Trinajstić information content (AvgIpc) is 3.02. The van der Waals surface area contributed by atoms with Crippen molar-refractivity contribution in [3.05, 3.63) is 53.5 Å². The standard InChI is InChI=1S/C17H21N5O/c1-4-21(10-14-8-6-5-7-13(14)2)16-9-15(11-23-3)20-17-18-12-19-22(16)17/h5-9,12H,4,10-11H2,1-3H3. The summed E-state index contributed by atoms with van der Waals surface area (Å²) in [7, 11) is 1.67. The monoisotopic (exact) mass is 311 g/mol. The van der Waals surface area contributed by atoms with Crippen LogP contribution in [-0.2, 0) is 17.9 Å². The Bertz CT molecular complexity index is 799. The highest BCUT2D eigenvalue weighted by Crippen LogP contribution is 2.20. The second-order valence-corrected chi connectivity index (χ2v) is 5.45. The summed E-state index contributed by atoms with van der Waals surface area (Å²) in [5, 5.41) is 4.31. The fourth-order valence-electron chi connectivity index (χ4n) is 2.64. The van der Waals surface area contributed by atoms with Crippen LogP contribution in [0.2, 0.25) is 0 Å². The zero-order valence-electron chi connectivity index (χ0n) is 13.7. The van der Waals surface area contributed by atoms with Gasteiger partial charge in [0.25, 0.3) is 5.78 Å². The van der Waals surface area contributed by atoms with Crippen molar-refractivity contribution < 1.29 is 4.74 Å². The van der Waals surface area contributed by atoms with Gasteiger partial charge in [0, 0.05) is 26.3 Å². The first-order valence-electron chi connectivity index (χ1n) is 7.71. The Balaban J connectivity index is 2.01. The molecule has 0 N–H and O–H groups in total. The summed E-state index contributed by atoms with van der Waals surface area (Å²) in [5.74, 6) is 1.57. The Morgan fingerprint density at radius 3 is 2.83 bits per heavy atom. The molecule has 0 amide bonds. The Morgan fingerprint density at radius 1 is 1.26 bits per heavy atom. The van der Waals surface area contributed by atoms with E-state index in [-0.39, 0.29) is 0 Å². The Morgan fingerprint density at radius 2 is 2.09 bits per heavy atom. The summed E-state index contributed by atoms with van der Waals surface area (Å²) < 4.78 is 7.00. The van der Waals surface area contributed by atoms with E-state index in [0.717, 1.165) is 24.6 Å². The Hall–Kier alpha value is -2.47. The first-order valence-corrected chi connectivity index (χ1v) is 7.71. The van der Waals surface area contributed by atoms with E-state index >= 15 is 0 Å². The number of hydrogen-bond donors (Lipinski definition) is 0. The third kappa shape index (κ3) is 3.17. The summed E-state index contributed by atoms with van der Waals surface area (Å²) >= 11 is 0. The van der Waals surface area contributed by atoms with Crippen molar-refractivity contribution in [2.75, 3.05) is 18.6 Å². The summed E-state index contributed by atoms with van der Waals surface area (Å²) in [4.78, 5) is 11.0. The molecule has 120 valence electrons. The van der Waals surface area contributed by atoms with Crippen LogP contribution in [0, 0.1) is 6.92 Å². The van der Waals surface area contributed by atoms with Crippen LogP contribution < -0.4 is 4.90 Å². The summed E-state index contributed by atoms with van der Waals surface area (Å²) in [6, 6.07) is 10.5. The first kappa shape index (κ1) is 15.4. The SMILES string of the molecule is CCN(Cc1ccccc1C)c1cc(COC)nc2ncnn12. The molecule has 3 rings (SSSR count). The van der Waals surface area contributed by atoms with Gasteiger partial charge in [-0.1, -0.05) is 24.3 Å². The highest BCUT2D eigenvalue weighted by Gasteiger charge is 2.14. The number of ether oxygens (including phenoxy) is 1. The second-order valence-electron chi connectivity index (χ2n) is 5.45. The molecule has 0 radical (unpaired) electrons. The number of fused-ring (bicyclic) bond motifs is 1. The summed E-state index contributed by atoms with van der Waals surface area (Å²) in [6.07, 6.45) is 1.53. The lowest BCUT2D eigenvalue weighted by molar-refractivity contribution is 0.181. The van der Waals surface area contributed by atoms with Gasteiger partial charge in [-0.15, -0.1) is 0 Å². The predicted octanol–water partition coefficient (Wildman–Crippen LogP) is 2.61. The van der Waals surface area contributed by atoms with Gasteiger partial charge in [0.1, 0.15) is 12.1 Å². The van der Waals surface area contributed by atoms with Gasteiger partial charge in [0.15, 0.2) is 0 Å². The highest BCUT2D eigenvalue weighted by atomic mass is 16.5. The van der Waals surface area contributed by atoms with Gasteiger partial charge in [0.05, 0.1) is 12.3 Å². The third-order valence-electron chi connectivity index (χ3n) is 3.91. The topological polar surface area (TPSA) is 55.5 Å². The Labute approximate surface area is 135 Å². The van der Waals surface area contributed by atoms with Crippen LogP contribution in [0.15, 0.2) is 36.7 Å². The van der Waals surface area contributed by atoms with Crippen LogP contribution in [0.1, 0.15) is 23.7 Å². The van der Waals surface area contributed by atoms with Crippen molar-refractivity contribution in [2.45, 2.75) is 27.0 Å². The van der Waals surface area contributed by atoms with Crippen LogP contribution in [0.25, 0.3) is 5.78 Å². The van der Waals surface area contributed by atoms with E-state index in [1.54, 1.807) is 11.6 Å². The van der Waals surface area contributed by atoms with E-state index in [1.807, 2.05) is 6.07 Å². The molecule has 1 aromatic carbocycles. The van der Waals surface area contributed by atoms with Crippen molar-refractivity contribution in [3.8, 4) is 0 Å². The van der Waals surface area contributed by atoms with Crippen molar-refractivity contribution in [1.82, 2.24) is 19.6 Å². The largest absolute Gasteiger partial charge is 0.378 e. The molecule has 0 saturated carbocycles. The molecular formula is C17H21N5O. The van der Waals surface area contributed by atoms with E-state index < -0.39 is 0 Å². The first-order chi connectivity index (χ1) is 11.2. The van der Waals surface area contributed by atoms with E-state index in [1.165, 1.54) is 17.5 Å². The number of benzene rings is 1. The molecular weight excluding hydrogens is 290 g/mol. The number of nitrogens with zero attached hydrogens (tertiary/aromatic N) is 5. The maximum Gasteiger partial charge on any atom is 0.254 e. The number of aryl methyl sites for hydroxylation is 1.